The van der Waals surface area contributed by atoms with Crippen molar-refractivity contribution in [2.75, 3.05) is 13.2 Å². The Morgan fingerprint density at radius 1 is 0.881 bits per heavy atom. The standard InChI is InChI=1S/C35H35ClF3NO2/c1-25(19-20-42-31-17-9-11-27(22-31)21-26(2)41)40(23-30-16-10-18-33(34(30)36)35(37,38)39)24-32(28-12-5-3-6-13-28)29-14-7-4-8-15-29/h3-18,22,25,32H,19-21,23-24H2,1-2H3/t25-/m1/s1. The van der Waals surface area contributed by atoms with Crippen LogP contribution in [0.15, 0.2) is 103 Å². The molecule has 3 nitrogen and oxygen atoms in total. The van der Waals surface area contributed by atoms with E-state index < -0.39 is 11.7 Å². The summed E-state index contributed by atoms with van der Waals surface area (Å²) in [5.41, 5.74) is 2.73. The van der Waals surface area contributed by atoms with Crippen LogP contribution in [-0.2, 0) is 23.9 Å². The van der Waals surface area contributed by atoms with Crippen molar-refractivity contribution >= 4 is 17.4 Å². The third-order valence-corrected chi connectivity index (χ3v) is 7.80. The van der Waals surface area contributed by atoms with Crippen LogP contribution in [0, 0.1) is 0 Å². The van der Waals surface area contributed by atoms with E-state index in [1.54, 1.807) is 13.0 Å². The molecule has 42 heavy (non-hydrogen) atoms. The molecule has 0 aliphatic rings. The lowest BCUT2D eigenvalue weighted by atomic mass is 9.90. The van der Waals surface area contributed by atoms with Crippen molar-refractivity contribution in [2.45, 2.75) is 51.4 Å². The molecule has 0 unspecified atom stereocenters. The summed E-state index contributed by atoms with van der Waals surface area (Å²) in [6.07, 6.45) is -3.56. The Labute approximate surface area is 250 Å². The van der Waals surface area contributed by atoms with Gasteiger partial charge >= 0.3 is 6.18 Å². The van der Waals surface area contributed by atoms with Gasteiger partial charge in [-0.3, -0.25) is 9.69 Å². The largest absolute Gasteiger partial charge is 0.494 e. The number of carbonyl (C=O) groups excluding carboxylic acids is 1. The van der Waals surface area contributed by atoms with Crippen molar-refractivity contribution in [1.82, 2.24) is 4.90 Å². The van der Waals surface area contributed by atoms with Crippen LogP contribution in [0.2, 0.25) is 5.02 Å². The van der Waals surface area contributed by atoms with Crippen LogP contribution in [0.25, 0.3) is 0 Å². The van der Waals surface area contributed by atoms with Crippen molar-refractivity contribution in [1.29, 1.82) is 0 Å². The molecule has 220 valence electrons. The second-order valence-corrected chi connectivity index (χ2v) is 11.0. The highest BCUT2D eigenvalue weighted by molar-refractivity contribution is 6.32. The van der Waals surface area contributed by atoms with Crippen LogP contribution in [0.3, 0.4) is 0 Å². The summed E-state index contributed by atoms with van der Waals surface area (Å²) < 4.78 is 47.1. The van der Waals surface area contributed by atoms with E-state index in [9.17, 15) is 18.0 Å². The van der Waals surface area contributed by atoms with E-state index in [4.69, 9.17) is 16.3 Å². The van der Waals surface area contributed by atoms with Crippen molar-refractivity contribution in [3.05, 3.63) is 136 Å². The van der Waals surface area contributed by atoms with E-state index in [-0.39, 0.29) is 29.3 Å². The highest BCUT2D eigenvalue weighted by atomic mass is 35.5. The fraction of sp³-hybridized carbons (Fsp3) is 0.286. The molecule has 4 aromatic carbocycles. The third kappa shape index (κ3) is 8.70. The fourth-order valence-electron chi connectivity index (χ4n) is 5.11. The van der Waals surface area contributed by atoms with E-state index in [1.165, 1.54) is 6.07 Å². The predicted octanol–water partition coefficient (Wildman–Crippen LogP) is 8.98. The summed E-state index contributed by atoms with van der Waals surface area (Å²) >= 11 is 6.35. The molecule has 0 amide bonds. The van der Waals surface area contributed by atoms with Gasteiger partial charge in [-0.05, 0) is 60.7 Å². The Kier molecular flexibility index (Phi) is 10.8. The molecule has 1 atom stereocenters. The quantitative estimate of drug-likeness (QED) is 0.155. The topological polar surface area (TPSA) is 29.5 Å². The number of halogens is 4. The Hall–Kier alpha value is -3.61. The average molecular weight is 594 g/mol. The molecule has 0 bridgehead atoms. The van der Waals surface area contributed by atoms with Crippen LogP contribution in [0.1, 0.15) is 54.0 Å². The molecule has 0 saturated carbocycles. The molecule has 7 heteroatoms. The SMILES string of the molecule is CC(=O)Cc1cccc(OCC[C@@H](C)N(Cc2cccc(C(F)(F)F)c2Cl)CC(c2ccccc2)c2ccccc2)c1. The molecule has 0 heterocycles. The second-order valence-electron chi connectivity index (χ2n) is 10.6. The van der Waals surface area contributed by atoms with E-state index in [0.717, 1.165) is 22.8 Å². The van der Waals surface area contributed by atoms with E-state index in [1.807, 2.05) is 60.7 Å². The number of benzene rings is 4. The number of carbonyl (C=O) groups is 1. The van der Waals surface area contributed by atoms with Gasteiger partial charge < -0.3 is 4.74 Å². The zero-order chi connectivity index (χ0) is 30.1. The Morgan fingerprint density at radius 3 is 2.10 bits per heavy atom. The molecule has 0 saturated heterocycles. The highest BCUT2D eigenvalue weighted by Gasteiger charge is 2.34. The number of rotatable bonds is 13. The van der Waals surface area contributed by atoms with Gasteiger partial charge in [-0.1, -0.05) is 96.5 Å². The Balaban J connectivity index is 1.59. The van der Waals surface area contributed by atoms with Gasteiger partial charge in [0.1, 0.15) is 11.5 Å². The molecule has 0 aliphatic heterocycles. The second kappa shape index (κ2) is 14.5. The summed E-state index contributed by atoms with van der Waals surface area (Å²) in [6.45, 7) is 4.83. The van der Waals surface area contributed by atoms with Gasteiger partial charge in [0, 0.05) is 31.5 Å². The van der Waals surface area contributed by atoms with Gasteiger partial charge in [0.25, 0.3) is 0 Å². The lowest BCUT2D eigenvalue weighted by Gasteiger charge is -2.34. The van der Waals surface area contributed by atoms with Gasteiger partial charge in [0.05, 0.1) is 17.2 Å². The molecule has 0 aliphatic carbocycles. The number of ketones is 1. The maximum atomic E-state index is 13.7. The lowest BCUT2D eigenvalue weighted by Crippen LogP contribution is -2.37. The average Bonchev–Trinajstić information content (AvgIpc) is 2.96. The molecular formula is C35H35ClF3NO2. The normalized spacial score (nSPS) is 12.5. The zero-order valence-corrected chi connectivity index (χ0v) is 24.5. The van der Waals surface area contributed by atoms with Gasteiger partial charge in [0.15, 0.2) is 0 Å². The number of alkyl halides is 3. The molecule has 0 fully saturated rings. The van der Waals surface area contributed by atoms with E-state index in [2.05, 4.69) is 36.1 Å². The molecule has 0 radical (unpaired) electrons. The first-order valence-electron chi connectivity index (χ1n) is 14.0. The number of ether oxygens (including phenoxy) is 1. The monoisotopic (exact) mass is 593 g/mol. The van der Waals surface area contributed by atoms with Crippen LogP contribution < -0.4 is 4.74 Å². The fourth-order valence-corrected chi connectivity index (χ4v) is 5.40. The molecule has 0 aromatic heterocycles. The van der Waals surface area contributed by atoms with Gasteiger partial charge in [-0.25, -0.2) is 0 Å². The summed E-state index contributed by atoms with van der Waals surface area (Å²) in [7, 11) is 0. The van der Waals surface area contributed by atoms with Crippen LogP contribution in [0.5, 0.6) is 5.75 Å². The molecule has 0 spiro atoms. The van der Waals surface area contributed by atoms with E-state index >= 15 is 0 Å². The van der Waals surface area contributed by atoms with Crippen LogP contribution in [0.4, 0.5) is 13.2 Å². The first-order chi connectivity index (χ1) is 20.1. The first kappa shape index (κ1) is 31.3. The highest BCUT2D eigenvalue weighted by Crippen LogP contribution is 2.37. The number of nitrogens with zero attached hydrogens (tertiary/aromatic N) is 1. The van der Waals surface area contributed by atoms with E-state index in [0.29, 0.717) is 37.3 Å². The molecular weight excluding hydrogens is 559 g/mol. The molecule has 0 N–H and O–H groups in total. The van der Waals surface area contributed by atoms with Gasteiger partial charge in [-0.15, -0.1) is 0 Å². The summed E-state index contributed by atoms with van der Waals surface area (Å²) in [5.74, 6) is 0.750. The van der Waals surface area contributed by atoms with Crippen LogP contribution >= 0.6 is 11.6 Å². The molecule has 4 aromatic rings. The van der Waals surface area contributed by atoms with Crippen molar-refractivity contribution in [3.8, 4) is 5.75 Å². The third-order valence-electron chi connectivity index (χ3n) is 7.36. The summed E-state index contributed by atoms with van der Waals surface area (Å²) in [5, 5.41) is -0.267. The summed E-state index contributed by atoms with van der Waals surface area (Å²) in [6, 6.07) is 31.8. The maximum absolute atomic E-state index is 13.7. The Bertz CT molecular complexity index is 1400. The predicted molar refractivity (Wildman–Crippen MR) is 162 cm³/mol. The van der Waals surface area contributed by atoms with Gasteiger partial charge in [0.2, 0.25) is 0 Å². The number of hydrogen-bond acceptors (Lipinski definition) is 3. The first-order valence-corrected chi connectivity index (χ1v) is 14.4. The number of hydrogen-bond donors (Lipinski definition) is 0. The zero-order valence-electron chi connectivity index (χ0n) is 23.8. The summed E-state index contributed by atoms with van der Waals surface area (Å²) in [4.78, 5) is 13.7. The maximum Gasteiger partial charge on any atom is 0.417 e. The smallest absolute Gasteiger partial charge is 0.417 e. The number of Topliss-reactive ketones (excluding diaryl/α,β-unsaturated/α-hetero) is 1. The minimum atomic E-state index is -4.54. The minimum absolute atomic E-state index is 0.0106. The Morgan fingerprint density at radius 2 is 1.50 bits per heavy atom. The van der Waals surface area contributed by atoms with Crippen molar-refractivity contribution in [3.63, 3.8) is 0 Å². The van der Waals surface area contributed by atoms with Crippen molar-refractivity contribution in [2.24, 2.45) is 0 Å². The van der Waals surface area contributed by atoms with Crippen molar-refractivity contribution < 1.29 is 22.7 Å². The molecule has 4 rings (SSSR count). The van der Waals surface area contributed by atoms with Crippen LogP contribution in [-0.4, -0.2) is 29.9 Å². The lowest BCUT2D eigenvalue weighted by molar-refractivity contribution is -0.137. The minimum Gasteiger partial charge on any atom is -0.494 e. The van der Waals surface area contributed by atoms with Gasteiger partial charge in [-0.2, -0.15) is 13.2 Å².